The normalized spacial score (nSPS) is 12.3. The molecule has 1 aliphatic carbocycles. The van der Waals surface area contributed by atoms with Crippen LogP contribution in [0.1, 0.15) is 28.3 Å². The van der Waals surface area contributed by atoms with Crippen molar-refractivity contribution in [3.63, 3.8) is 0 Å². The number of hydrogen-bond donors (Lipinski definition) is 0. The molecular weight excluding hydrogens is 772 g/mol. The van der Waals surface area contributed by atoms with Gasteiger partial charge in [-0.2, -0.15) is 0 Å². The monoisotopic (exact) mass is 807 g/mol. The van der Waals surface area contributed by atoms with Crippen molar-refractivity contribution in [3.05, 3.63) is 144 Å². The fourth-order valence-electron chi connectivity index (χ4n) is 8.14. The summed E-state index contributed by atoms with van der Waals surface area (Å²) in [5, 5.41) is 0. The van der Waals surface area contributed by atoms with Crippen molar-refractivity contribution in [3.8, 4) is 67.5 Å². The van der Waals surface area contributed by atoms with Crippen LogP contribution in [-0.4, -0.2) is 38.4 Å². The maximum absolute atomic E-state index is 5.75. The van der Waals surface area contributed by atoms with Crippen LogP contribution < -0.4 is 28.9 Å². The number of aromatic nitrogens is 4. The molecule has 0 saturated heterocycles. The molecule has 0 N–H and O–H groups in total. The van der Waals surface area contributed by atoms with Crippen molar-refractivity contribution < 1.29 is 36.0 Å². The van der Waals surface area contributed by atoms with E-state index in [4.69, 9.17) is 38.9 Å². The Morgan fingerprint density at radius 1 is 0.466 bits per heavy atom. The van der Waals surface area contributed by atoms with E-state index in [1.54, 1.807) is 28.4 Å². The Balaban J connectivity index is 0.00000436. The number of benzene rings is 4. The number of ether oxygens (including phenoxy) is 4. The number of nitrogens with zero attached hydrogens (tertiary/aromatic N) is 4. The summed E-state index contributed by atoms with van der Waals surface area (Å²) in [7, 11) is 6.74. The minimum absolute atomic E-state index is 0. The molecule has 10 rings (SSSR count). The van der Waals surface area contributed by atoms with Crippen LogP contribution in [0, 0.1) is 0 Å². The minimum atomic E-state index is 0. The summed E-state index contributed by atoms with van der Waals surface area (Å²) in [4.78, 5) is 21.7. The van der Waals surface area contributed by atoms with Crippen molar-refractivity contribution in [2.75, 3.05) is 28.4 Å². The Kier molecular flexibility index (Phi) is 9.48. The summed E-state index contributed by atoms with van der Waals surface area (Å²) in [6.45, 7) is 0. The van der Waals surface area contributed by atoms with Gasteiger partial charge in [-0.15, -0.1) is 22.1 Å². The Morgan fingerprint density at radius 2 is 0.914 bits per heavy atom. The van der Waals surface area contributed by atoms with Crippen molar-refractivity contribution >= 4 is 45.9 Å². The Labute approximate surface area is 346 Å². The largest absolute Gasteiger partial charge is 2.00 e. The zero-order valence-electron chi connectivity index (χ0n) is 32.1. The van der Waals surface area contributed by atoms with Gasteiger partial charge in [0.15, 0.2) is 0 Å². The van der Waals surface area contributed by atoms with Gasteiger partial charge >= 0.3 is 17.1 Å². The maximum atomic E-state index is 5.75. The average molecular weight is 808 g/mol. The van der Waals surface area contributed by atoms with E-state index in [0.717, 1.165) is 118 Å². The van der Waals surface area contributed by atoms with E-state index in [-0.39, 0.29) is 17.1 Å². The van der Waals surface area contributed by atoms with E-state index in [9.17, 15) is 0 Å². The Bertz CT molecular complexity index is 3010. The van der Waals surface area contributed by atoms with Gasteiger partial charge in [0.1, 0.15) is 23.0 Å². The van der Waals surface area contributed by atoms with E-state index < -0.39 is 0 Å². The van der Waals surface area contributed by atoms with Crippen LogP contribution in [0.2, 0.25) is 0 Å². The summed E-state index contributed by atoms with van der Waals surface area (Å²) < 4.78 is 22.9. The molecule has 287 valence electrons. The molecule has 7 aromatic rings. The van der Waals surface area contributed by atoms with Gasteiger partial charge < -0.3 is 28.9 Å². The predicted octanol–water partition coefficient (Wildman–Crippen LogP) is 10.5. The second-order valence-corrected chi connectivity index (χ2v) is 14.1. The quantitative estimate of drug-likeness (QED) is 0.147. The van der Waals surface area contributed by atoms with E-state index in [0.29, 0.717) is 6.42 Å². The zero-order chi connectivity index (χ0) is 38.6. The number of hydrogen-bond acceptors (Lipinski definition) is 6. The smallest absolute Gasteiger partial charge is 0.657 e. The Hall–Kier alpha value is -6.80. The first-order valence-corrected chi connectivity index (χ1v) is 18.7. The molecule has 0 fully saturated rings. The van der Waals surface area contributed by atoms with E-state index in [1.165, 1.54) is 5.56 Å². The third-order valence-corrected chi connectivity index (χ3v) is 10.8. The molecule has 3 aliphatic rings. The van der Waals surface area contributed by atoms with Crippen LogP contribution in [-0.2, 0) is 23.5 Å². The second kappa shape index (κ2) is 14.9. The predicted molar refractivity (Wildman–Crippen MR) is 227 cm³/mol. The molecule has 4 aromatic carbocycles. The van der Waals surface area contributed by atoms with Crippen LogP contribution in [0.5, 0.6) is 23.0 Å². The van der Waals surface area contributed by atoms with E-state index in [1.807, 2.05) is 60.7 Å². The van der Waals surface area contributed by atoms with Crippen molar-refractivity contribution in [1.82, 2.24) is 19.9 Å². The molecule has 2 aliphatic heterocycles. The number of methoxy groups -OCH3 is 4. The fourth-order valence-corrected chi connectivity index (χ4v) is 8.14. The first kappa shape index (κ1) is 36.8. The van der Waals surface area contributed by atoms with Crippen molar-refractivity contribution in [2.45, 2.75) is 6.42 Å². The fraction of sp³-hybridized carbons (Fsp3) is 0.102. The molecule has 8 nitrogen and oxygen atoms in total. The van der Waals surface area contributed by atoms with Crippen LogP contribution in [0.15, 0.2) is 115 Å². The third kappa shape index (κ3) is 6.25. The van der Waals surface area contributed by atoms with Gasteiger partial charge in [-0.1, -0.05) is 66.7 Å². The second-order valence-electron chi connectivity index (χ2n) is 14.1. The first-order chi connectivity index (χ1) is 28.0. The van der Waals surface area contributed by atoms with Crippen molar-refractivity contribution in [2.24, 2.45) is 0 Å². The van der Waals surface area contributed by atoms with Gasteiger partial charge in [0, 0.05) is 6.42 Å². The number of fused-ring (bicyclic) bond motifs is 10. The molecule has 58 heavy (non-hydrogen) atoms. The minimum Gasteiger partial charge on any atom is -0.657 e. The molecule has 0 spiro atoms. The molecule has 5 heterocycles. The molecule has 9 heteroatoms. The first-order valence-electron chi connectivity index (χ1n) is 18.7. The molecule has 0 saturated carbocycles. The molecule has 3 aromatic heterocycles. The van der Waals surface area contributed by atoms with Crippen LogP contribution >= 0.6 is 0 Å². The molecule has 0 amide bonds. The molecule has 8 bridgehead atoms. The van der Waals surface area contributed by atoms with E-state index in [2.05, 4.69) is 72.8 Å². The SMILES string of the molecule is COc1cccc(-c2c3nc(c(-c4cccc(OC)c4)c4ccc([n-]4)c4c5nc(c(-c6cccc(OC)c6)c6ccc2[n-]6)C=C5Cc2ccc(OC)cc2-4)C=C3)c1.[Cu+2]. The van der Waals surface area contributed by atoms with Gasteiger partial charge in [-0.25, -0.2) is 9.97 Å². The van der Waals surface area contributed by atoms with Gasteiger partial charge in [0.05, 0.1) is 51.2 Å². The standard InChI is InChI=1S/C49H36N4O4.Cu/c1-54-33-11-5-8-29(23-33)45-38-16-17-39(50-38)46(30-9-6-12-34(24-30)55-2)41-20-21-43(52-41)48-37-27-36(57-4)15-14-28(37)22-32-26-44(53-49(32)48)47(42-19-18-40(45)51-42)31-10-7-13-35(25-31)56-3;/h5-21,23-27H,22H2,1-4H3;/q-2;+2. The van der Waals surface area contributed by atoms with Crippen LogP contribution in [0.25, 0.3) is 90.4 Å². The van der Waals surface area contributed by atoms with Gasteiger partial charge in [-0.05, 0) is 122 Å². The summed E-state index contributed by atoms with van der Waals surface area (Å²) in [5.41, 5.74) is 16.1. The van der Waals surface area contributed by atoms with Gasteiger partial charge in [0.2, 0.25) is 0 Å². The Morgan fingerprint density at radius 3 is 1.40 bits per heavy atom. The van der Waals surface area contributed by atoms with Crippen molar-refractivity contribution in [1.29, 1.82) is 0 Å². The topological polar surface area (TPSA) is 90.9 Å². The van der Waals surface area contributed by atoms with E-state index >= 15 is 0 Å². The molecular formula is C49H36CuN4O4. The summed E-state index contributed by atoms with van der Waals surface area (Å²) >= 11 is 0. The zero-order valence-corrected chi connectivity index (χ0v) is 33.1. The molecule has 0 atom stereocenters. The maximum Gasteiger partial charge on any atom is 2.00 e. The third-order valence-electron chi connectivity index (χ3n) is 10.8. The summed E-state index contributed by atoms with van der Waals surface area (Å²) in [6.07, 6.45) is 7.03. The van der Waals surface area contributed by atoms with Gasteiger partial charge in [-0.3, -0.25) is 0 Å². The number of allylic oxidation sites excluding steroid dienone is 1. The number of rotatable bonds is 7. The van der Waals surface area contributed by atoms with Crippen LogP contribution in [0.3, 0.4) is 0 Å². The van der Waals surface area contributed by atoms with Gasteiger partial charge in [0.25, 0.3) is 0 Å². The molecule has 0 unspecified atom stereocenters. The molecule has 1 radical (unpaired) electrons. The average Bonchev–Trinajstić information content (AvgIpc) is 4.09. The summed E-state index contributed by atoms with van der Waals surface area (Å²) in [6, 6.07) is 38.7. The van der Waals surface area contributed by atoms with Crippen LogP contribution in [0.4, 0.5) is 0 Å². The summed E-state index contributed by atoms with van der Waals surface area (Å²) in [5.74, 6) is 3.00.